The van der Waals surface area contributed by atoms with E-state index in [1.807, 2.05) is 12.2 Å². The second-order valence-electron chi connectivity index (χ2n) is 5.55. The maximum absolute atomic E-state index is 12.8. The third kappa shape index (κ3) is 2.80. The van der Waals surface area contributed by atoms with Crippen molar-refractivity contribution in [3.8, 4) is 5.69 Å². The van der Waals surface area contributed by atoms with Crippen molar-refractivity contribution in [1.29, 1.82) is 0 Å². The first-order valence-electron chi connectivity index (χ1n) is 7.34. The number of aliphatic imine (C=N–C) groups is 2. The highest BCUT2D eigenvalue weighted by Crippen LogP contribution is 2.35. The maximum Gasteiger partial charge on any atom is 0.416 e. The summed E-state index contributed by atoms with van der Waals surface area (Å²) in [5, 5.41) is 4.22. The molecule has 0 aliphatic carbocycles. The van der Waals surface area contributed by atoms with Crippen LogP contribution in [-0.2, 0) is 6.18 Å². The minimum atomic E-state index is -4.44. The average molecular weight is 363 g/mol. The average Bonchev–Trinajstić information content (AvgIpc) is 3.22. The van der Waals surface area contributed by atoms with Gasteiger partial charge in [-0.25, -0.2) is 14.7 Å². The van der Waals surface area contributed by atoms with Crippen molar-refractivity contribution >= 4 is 23.7 Å². The van der Waals surface area contributed by atoms with Crippen molar-refractivity contribution < 1.29 is 13.2 Å². The number of rotatable bonds is 2. The Morgan fingerprint density at radius 2 is 2.04 bits per heavy atom. The molecule has 0 saturated carbocycles. The van der Waals surface area contributed by atoms with Crippen molar-refractivity contribution in [1.82, 2.24) is 9.78 Å². The number of amidine groups is 1. The number of aromatic nitrogens is 2. The van der Waals surface area contributed by atoms with Crippen LogP contribution < -0.4 is 0 Å². The summed E-state index contributed by atoms with van der Waals surface area (Å²) in [6.45, 7) is 0. The number of alkyl halides is 3. The summed E-state index contributed by atoms with van der Waals surface area (Å²) in [6, 6.07) is 3.20. The van der Waals surface area contributed by atoms with Gasteiger partial charge in [-0.2, -0.15) is 18.3 Å². The van der Waals surface area contributed by atoms with Crippen LogP contribution in [0.15, 0.2) is 64.5 Å². The van der Waals surface area contributed by atoms with E-state index < -0.39 is 11.7 Å². The fraction of sp³-hybridized carbons (Fsp3) is 0.118. The van der Waals surface area contributed by atoms with Crippen molar-refractivity contribution in [2.75, 3.05) is 0 Å². The zero-order valence-corrected chi connectivity index (χ0v) is 13.3. The molecule has 8 heteroatoms. The van der Waals surface area contributed by atoms with Crippen LogP contribution in [0.2, 0.25) is 5.02 Å². The molecule has 2 aliphatic rings. The number of hydrogen-bond acceptors (Lipinski definition) is 3. The van der Waals surface area contributed by atoms with E-state index in [0.29, 0.717) is 11.5 Å². The monoisotopic (exact) mass is 362 g/mol. The molecule has 0 fully saturated rings. The molecule has 0 spiro atoms. The predicted molar refractivity (Wildman–Crippen MR) is 89.5 cm³/mol. The topological polar surface area (TPSA) is 42.5 Å². The summed E-state index contributed by atoms with van der Waals surface area (Å²) >= 11 is 6.03. The molecule has 0 radical (unpaired) electrons. The Labute approximate surface area is 145 Å². The number of benzene rings is 1. The molecule has 25 heavy (non-hydrogen) atoms. The molecule has 0 amide bonds. The first-order chi connectivity index (χ1) is 11.9. The Kier molecular flexibility index (Phi) is 3.61. The van der Waals surface area contributed by atoms with E-state index in [9.17, 15) is 13.2 Å². The molecule has 1 aromatic heterocycles. The van der Waals surface area contributed by atoms with Gasteiger partial charge < -0.3 is 0 Å². The zero-order chi connectivity index (χ0) is 17.6. The highest BCUT2D eigenvalue weighted by molar-refractivity contribution is 6.32. The number of fused-ring (bicyclic) bond motifs is 1. The molecule has 126 valence electrons. The Bertz CT molecular complexity index is 967. The third-order valence-electron chi connectivity index (χ3n) is 4.00. The molecular formula is C17H10ClF3N4. The van der Waals surface area contributed by atoms with Gasteiger partial charge in [0.15, 0.2) is 5.84 Å². The lowest BCUT2D eigenvalue weighted by atomic mass is 9.91. The van der Waals surface area contributed by atoms with Crippen LogP contribution in [0.5, 0.6) is 0 Å². The van der Waals surface area contributed by atoms with Gasteiger partial charge in [0, 0.05) is 35.7 Å². The van der Waals surface area contributed by atoms with Crippen molar-refractivity contribution in [3.05, 3.63) is 70.7 Å². The Morgan fingerprint density at radius 1 is 1.20 bits per heavy atom. The van der Waals surface area contributed by atoms with Crippen LogP contribution in [-0.4, -0.2) is 21.8 Å². The Morgan fingerprint density at radius 3 is 2.80 bits per heavy atom. The van der Waals surface area contributed by atoms with Crippen LogP contribution in [0, 0.1) is 0 Å². The SMILES string of the molecule is FC(F)(F)c1ccc(-n2cc(C3C=CN=C4N=CC=C43)cn2)c(Cl)c1. The first kappa shape index (κ1) is 15.8. The van der Waals surface area contributed by atoms with Crippen LogP contribution in [0.3, 0.4) is 0 Å². The normalized spacial score (nSPS) is 19.0. The fourth-order valence-corrected chi connectivity index (χ4v) is 3.05. The minimum absolute atomic E-state index is 0.0191. The van der Waals surface area contributed by atoms with Gasteiger partial charge in [-0.3, -0.25) is 0 Å². The summed E-state index contributed by atoms with van der Waals surface area (Å²) < 4.78 is 39.7. The van der Waals surface area contributed by atoms with Gasteiger partial charge in [0.1, 0.15) is 0 Å². The van der Waals surface area contributed by atoms with E-state index in [1.165, 1.54) is 10.7 Å². The molecule has 0 saturated heterocycles. The Balaban J connectivity index is 1.66. The summed E-state index contributed by atoms with van der Waals surface area (Å²) in [5.41, 5.74) is 1.42. The van der Waals surface area contributed by atoms with E-state index in [2.05, 4.69) is 15.1 Å². The lowest BCUT2D eigenvalue weighted by molar-refractivity contribution is -0.137. The molecule has 3 heterocycles. The van der Waals surface area contributed by atoms with Crippen LogP contribution >= 0.6 is 11.6 Å². The smallest absolute Gasteiger partial charge is 0.239 e. The zero-order valence-electron chi connectivity index (χ0n) is 12.6. The van der Waals surface area contributed by atoms with Crippen molar-refractivity contribution in [2.24, 2.45) is 9.98 Å². The number of halogens is 4. The van der Waals surface area contributed by atoms with Gasteiger partial charge in [0.2, 0.25) is 0 Å². The first-order valence-corrected chi connectivity index (χ1v) is 7.72. The summed E-state index contributed by atoms with van der Waals surface area (Å²) in [5.74, 6) is 0.602. The van der Waals surface area contributed by atoms with Gasteiger partial charge in [0.05, 0.1) is 22.5 Å². The van der Waals surface area contributed by atoms with Gasteiger partial charge in [-0.15, -0.1) is 0 Å². The number of allylic oxidation sites excluding steroid dienone is 2. The quantitative estimate of drug-likeness (QED) is 0.772. The second kappa shape index (κ2) is 5.70. The molecule has 1 aromatic carbocycles. The lowest BCUT2D eigenvalue weighted by Crippen LogP contribution is -2.08. The molecule has 2 aromatic rings. The highest BCUT2D eigenvalue weighted by atomic mass is 35.5. The predicted octanol–water partition coefficient (Wildman–Crippen LogP) is 4.56. The molecule has 0 N–H and O–H groups in total. The molecule has 0 bridgehead atoms. The van der Waals surface area contributed by atoms with Crippen molar-refractivity contribution in [2.45, 2.75) is 12.1 Å². The molecule has 4 rings (SSSR count). The van der Waals surface area contributed by atoms with Gasteiger partial charge in [-0.1, -0.05) is 17.7 Å². The number of nitrogens with zero attached hydrogens (tertiary/aromatic N) is 4. The van der Waals surface area contributed by atoms with Gasteiger partial charge >= 0.3 is 6.18 Å². The van der Waals surface area contributed by atoms with E-state index in [4.69, 9.17) is 11.6 Å². The van der Waals surface area contributed by atoms with E-state index in [-0.39, 0.29) is 10.9 Å². The molecule has 2 aliphatic heterocycles. The lowest BCUT2D eigenvalue weighted by Gasteiger charge is -2.15. The molecule has 1 unspecified atom stereocenters. The third-order valence-corrected chi connectivity index (χ3v) is 4.31. The second-order valence-corrected chi connectivity index (χ2v) is 5.96. The van der Waals surface area contributed by atoms with Gasteiger partial charge in [0.25, 0.3) is 0 Å². The molecule has 1 atom stereocenters. The standard InChI is InChI=1S/C17H10ClF3N4/c18-14-7-11(17(19,20)21)1-2-15(14)25-9-10(8-24-25)12-3-5-22-16-13(12)4-6-23-16/h1-9,12H. The molecular weight excluding hydrogens is 353 g/mol. The van der Waals surface area contributed by atoms with E-state index >= 15 is 0 Å². The maximum atomic E-state index is 12.8. The Hall–Kier alpha value is -2.67. The highest BCUT2D eigenvalue weighted by Gasteiger charge is 2.31. The fourth-order valence-electron chi connectivity index (χ4n) is 2.78. The van der Waals surface area contributed by atoms with Crippen molar-refractivity contribution in [3.63, 3.8) is 0 Å². The summed E-state index contributed by atoms with van der Waals surface area (Å²) in [7, 11) is 0. The largest absolute Gasteiger partial charge is 0.416 e. The minimum Gasteiger partial charge on any atom is -0.239 e. The van der Waals surface area contributed by atoms with Gasteiger partial charge in [-0.05, 0) is 24.3 Å². The summed E-state index contributed by atoms with van der Waals surface area (Å²) in [4.78, 5) is 8.37. The summed E-state index contributed by atoms with van der Waals surface area (Å²) in [6.07, 6.45) is 6.13. The molecule has 4 nitrogen and oxygen atoms in total. The van der Waals surface area contributed by atoms with Crippen LogP contribution in [0.4, 0.5) is 13.2 Å². The number of hydrogen-bond donors (Lipinski definition) is 0. The van der Waals surface area contributed by atoms with E-state index in [0.717, 1.165) is 23.3 Å². The van der Waals surface area contributed by atoms with E-state index in [1.54, 1.807) is 24.8 Å². The van der Waals surface area contributed by atoms with Crippen LogP contribution in [0.25, 0.3) is 5.69 Å². The van der Waals surface area contributed by atoms with Crippen LogP contribution in [0.1, 0.15) is 17.0 Å².